The quantitative estimate of drug-likeness (QED) is 0.0859. The maximum atomic E-state index is 12.8. The SMILES string of the molecule is Cc1onc(-c2ccc(C(F)(F)F)nc2)c1COc1cc2c(nn1)CN(N1C=COC1)CC2.Cc1onc(-c2ccc(C(F)(F)F)nc2)c1COc1cc2c(nn1)CN(N1C=COC1)CC2.O=S(=O)(O)c1ccc2ccccc2c1S(=O)(=O)O. The molecule has 24 nitrogen and oxygen atoms in total. The monoisotopic (exact) mass is 1210 g/mol. The molecule has 12 rings (SSSR count). The number of ether oxygens (including phenoxy) is 4. The van der Waals surface area contributed by atoms with Gasteiger partial charge in [0.2, 0.25) is 11.8 Å². The van der Waals surface area contributed by atoms with Crippen molar-refractivity contribution in [2.75, 3.05) is 26.6 Å². The molecule has 84 heavy (non-hydrogen) atoms. The molecule has 2 N–H and O–H groups in total. The first-order chi connectivity index (χ1) is 40.0. The van der Waals surface area contributed by atoms with Gasteiger partial charge in [-0.05, 0) is 73.5 Å². The van der Waals surface area contributed by atoms with Crippen molar-refractivity contribution in [1.29, 1.82) is 0 Å². The van der Waals surface area contributed by atoms with Crippen LogP contribution in [0.3, 0.4) is 0 Å². The lowest BCUT2D eigenvalue weighted by atomic mass is 10.1. The maximum absolute atomic E-state index is 12.8. The summed E-state index contributed by atoms with van der Waals surface area (Å²) in [7, 11) is -9.53. The van der Waals surface area contributed by atoms with Gasteiger partial charge in [-0.2, -0.15) is 53.4 Å². The van der Waals surface area contributed by atoms with E-state index in [2.05, 4.69) is 50.7 Å². The third kappa shape index (κ3) is 13.3. The Morgan fingerprint density at radius 3 is 1.49 bits per heavy atom. The van der Waals surface area contributed by atoms with Crippen molar-refractivity contribution in [3.63, 3.8) is 0 Å². The highest BCUT2D eigenvalue weighted by atomic mass is 32.2. The van der Waals surface area contributed by atoms with Gasteiger partial charge in [-0.1, -0.05) is 40.6 Å². The first-order valence-electron chi connectivity index (χ1n) is 25.0. The normalized spacial score (nSPS) is 15.4. The van der Waals surface area contributed by atoms with Gasteiger partial charge in [0, 0.05) is 54.1 Å². The molecule has 0 fully saturated rings. The number of pyridine rings is 2. The summed E-state index contributed by atoms with van der Waals surface area (Å²) in [5.74, 6) is 1.69. The van der Waals surface area contributed by atoms with Crippen molar-refractivity contribution in [2.45, 2.75) is 75.1 Å². The maximum Gasteiger partial charge on any atom is 0.433 e. The Morgan fingerprint density at radius 2 is 1.08 bits per heavy atom. The molecule has 0 unspecified atom stereocenters. The van der Waals surface area contributed by atoms with Crippen LogP contribution in [0.1, 0.15) is 56.6 Å². The highest BCUT2D eigenvalue weighted by Crippen LogP contribution is 2.35. The fourth-order valence-corrected chi connectivity index (χ4v) is 11.0. The Kier molecular flexibility index (Phi) is 16.5. The second-order valence-electron chi connectivity index (χ2n) is 18.8. The number of nitrogens with zero attached hydrogens (tertiary/aromatic N) is 12. The van der Waals surface area contributed by atoms with E-state index >= 15 is 0 Å². The summed E-state index contributed by atoms with van der Waals surface area (Å²) in [6.45, 7) is 7.37. The van der Waals surface area contributed by atoms with Crippen LogP contribution in [-0.4, -0.2) is 113 Å². The molecule has 0 radical (unpaired) electrons. The number of hydrazine groups is 2. The number of aryl methyl sites for hydroxylation is 2. The van der Waals surface area contributed by atoms with Crippen LogP contribution < -0.4 is 9.47 Å². The number of alkyl halides is 6. The van der Waals surface area contributed by atoms with Crippen LogP contribution in [0.5, 0.6) is 11.8 Å². The van der Waals surface area contributed by atoms with Crippen LogP contribution in [-0.2, 0) is 81.2 Å². The average Bonchev–Trinajstić information content (AvgIpc) is 2.67. The standard InChI is InChI=1S/2C21H19F3N6O3.C10H8O6S2/c2*1-13-16(20(28-33-13)15-2-3-18(25-9-15)21(22,23)24)11-32-19-8-14-4-5-29(10-17(14)26-27-19)30-6-7-31-12-30;11-17(12,13)9-6-5-7-3-1-2-4-8(7)10(9)18(14,15)16/h2*2-3,6-9H,4-5,10-12H2,1H3;1-6H,(H,11,12,13)(H,14,15,16). The molecule has 4 aliphatic heterocycles. The molecule has 10 heterocycles. The molecule has 0 saturated carbocycles. The van der Waals surface area contributed by atoms with E-state index in [4.69, 9.17) is 37.1 Å². The minimum Gasteiger partial charge on any atom is -0.478 e. The molecule has 2 aromatic carbocycles. The van der Waals surface area contributed by atoms with Crippen LogP contribution in [0.4, 0.5) is 26.3 Å². The Bertz CT molecular complexity index is 3820. The lowest BCUT2D eigenvalue weighted by Gasteiger charge is -2.33. The Morgan fingerprint density at radius 1 is 0.607 bits per heavy atom. The van der Waals surface area contributed by atoms with Crippen molar-refractivity contribution in [2.24, 2.45) is 0 Å². The van der Waals surface area contributed by atoms with E-state index in [1.165, 1.54) is 30.3 Å². The van der Waals surface area contributed by atoms with Crippen molar-refractivity contribution in [3.8, 4) is 34.3 Å². The van der Waals surface area contributed by atoms with Crippen LogP contribution in [0.2, 0.25) is 0 Å². The molecule has 440 valence electrons. The van der Waals surface area contributed by atoms with Gasteiger partial charge >= 0.3 is 12.4 Å². The van der Waals surface area contributed by atoms with Gasteiger partial charge in [0.05, 0.1) is 48.0 Å². The summed E-state index contributed by atoms with van der Waals surface area (Å²) in [6.07, 6.45) is 1.84. The van der Waals surface area contributed by atoms with Crippen molar-refractivity contribution in [3.05, 3.63) is 167 Å². The van der Waals surface area contributed by atoms with Crippen LogP contribution in [0.15, 0.2) is 129 Å². The summed E-state index contributed by atoms with van der Waals surface area (Å²) in [6, 6.07) is 16.4. The van der Waals surface area contributed by atoms with Gasteiger partial charge in [-0.25, -0.2) is 10.0 Å². The predicted octanol–water partition coefficient (Wildman–Crippen LogP) is 8.27. The van der Waals surface area contributed by atoms with Crippen LogP contribution in [0.25, 0.3) is 33.3 Å². The summed E-state index contributed by atoms with van der Waals surface area (Å²) < 4.78 is 172. The second-order valence-corrected chi connectivity index (χ2v) is 21.5. The average molecular weight is 1210 g/mol. The van der Waals surface area contributed by atoms with E-state index in [-0.39, 0.29) is 18.6 Å². The number of hydrogen-bond acceptors (Lipinski definition) is 22. The lowest BCUT2D eigenvalue weighted by Crippen LogP contribution is -2.42. The molecule has 6 aromatic heterocycles. The largest absolute Gasteiger partial charge is 0.478 e. The Labute approximate surface area is 473 Å². The summed E-state index contributed by atoms with van der Waals surface area (Å²) >= 11 is 0. The van der Waals surface area contributed by atoms with Gasteiger partial charge in [-0.15, -0.1) is 10.2 Å². The zero-order chi connectivity index (χ0) is 59.6. The first kappa shape index (κ1) is 58.4. The van der Waals surface area contributed by atoms with Crippen LogP contribution >= 0.6 is 0 Å². The molecule has 0 amide bonds. The van der Waals surface area contributed by atoms with Gasteiger partial charge < -0.3 is 28.0 Å². The predicted molar refractivity (Wildman–Crippen MR) is 277 cm³/mol. The molecular weight excluding hydrogens is 1160 g/mol. The minimum atomic E-state index is -4.78. The molecule has 4 aliphatic rings. The fourth-order valence-electron chi connectivity index (χ4n) is 9.02. The molecule has 8 aromatic rings. The number of fused-ring (bicyclic) bond motifs is 3. The van der Waals surface area contributed by atoms with E-state index in [1.54, 1.807) is 38.5 Å². The van der Waals surface area contributed by atoms with Gasteiger partial charge in [0.25, 0.3) is 20.2 Å². The zero-order valence-corrected chi connectivity index (χ0v) is 45.5. The number of halogens is 6. The third-order valence-electron chi connectivity index (χ3n) is 13.3. The summed E-state index contributed by atoms with van der Waals surface area (Å²) in [5, 5.41) is 33.6. The summed E-state index contributed by atoms with van der Waals surface area (Å²) in [5.41, 5.74) is 4.63. The molecule has 0 bridgehead atoms. The number of hydrogen-bond donors (Lipinski definition) is 2. The van der Waals surface area contributed by atoms with E-state index in [0.717, 1.165) is 79.0 Å². The van der Waals surface area contributed by atoms with E-state index in [0.29, 0.717) is 88.9 Å². The number of benzene rings is 2. The van der Waals surface area contributed by atoms with E-state index in [1.807, 2.05) is 34.6 Å². The van der Waals surface area contributed by atoms with Crippen molar-refractivity contribution in [1.82, 2.24) is 60.7 Å². The third-order valence-corrected chi connectivity index (χ3v) is 15.3. The highest BCUT2D eigenvalue weighted by Gasteiger charge is 2.34. The van der Waals surface area contributed by atoms with Crippen molar-refractivity contribution >= 4 is 31.0 Å². The molecule has 0 spiro atoms. The zero-order valence-electron chi connectivity index (χ0n) is 43.9. The Balaban J connectivity index is 0.000000147. The second kappa shape index (κ2) is 23.8. The molecular formula is C52H46F6N12O12S2. The van der Waals surface area contributed by atoms with E-state index in [9.17, 15) is 43.2 Å². The van der Waals surface area contributed by atoms with Gasteiger partial charge in [0.15, 0.2) is 13.5 Å². The number of rotatable bonds is 12. The van der Waals surface area contributed by atoms with Gasteiger partial charge in [0.1, 0.15) is 69.8 Å². The van der Waals surface area contributed by atoms with E-state index < -0.39 is 53.8 Å². The first-order valence-corrected chi connectivity index (χ1v) is 27.9. The fraction of sp³-hybridized carbons (Fsp3) is 0.269. The Hall–Kier alpha value is -8.82. The molecule has 32 heteroatoms. The molecule has 0 atom stereocenters. The minimum absolute atomic E-state index is 0.0233. The highest BCUT2D eigenvalue weighted by molar-refractivity contribution is 7.89. The number of aromatic nitrogens is 8. The smallest absolute Gasteiger partial charge is 0.433 e. The lowest BCUT2D eigenvalue weighted by molar-refractivity contribution is -0.141. The summed E-state index contributed by atoms with van der Waals surface area (Å²) in [4.78, 5) is 5.32. The van der Waals surface area contributed by atoms with Crippen molar-refractivity contribution < 1.29 is 80.3 Å². The molecule has 0 aliphatic carbocycles. The van der Waals surface area contributed by atoms with Gasteiger partial charge in [-0.3, -0.25) is 29.1 Å². The van der Waals surface area contributed by atoms with Crippen LogP contribution in [0, 0.1) is 13.8 Å². The molecule has 0 saturated heterocycles. The topological polar surface area (TPSA) is 288 Å².